The molecule has 6 bridgehead atoms. The van der Waals surface area contributed by atoms with Crippen LogP contribution in [-0.2, 0) is 0 Å². The standard InChI is InChI=1S/C49H28N8S/c1-3-4-11-27-19-39-38(18-26(27)2)46-52-42-34-20-28-12-5-6-13-29(28)21-35(34)44(50-42)54-48-40-24-32-16-9-10-17-33(32)25-41(40)49-55-45-37-23-31-15-8-7-14-30(31)22-36(37)43(51-45)53-47(39)56(46)58-57(48)49/h3-25H,1H2,2H3/b11-4-,52-42-,52-46?,53-43-,53-47?,54-44?,54-48-,55-45?,55-49-. The zero-order valence-corrected chi connectivity index (χ0v) is 31.8. The number of hydrogen-bond donors (Lipinski definition) is 0. The number of benzene rings is 7. The Morgan fingerprint density at radius 3 is 1.33 bits per heavy atom. The van der Waals surface area contributed by atoms with Crippen LogP contribution in [0.3, 0.4) is 0 Å². The van der Waals surface area contributed by atoms with Crippen LogP contribution in [-0.4, -0.2) is 31.3 Å². The Morgan fingerprint density at radius 1 is 0.466 bits per heavy atom. The third-order valence-electron chi connectivity index (χ3n) is 11.6. The zero-order valence-electron chi connectivity index (χ0n) is 31.0. The molecule has 0 fully saturated rings. The predicted molar refractivity (Wildman–Crippen MR) is 239 cm³/mol. The molecule has 0 N–H and O–H groups in total. The molecule has 2 aromatic heterocycles. The SMILES string of the molecule is C=C/C=C\c1cc2c3n4c(c2cc1C)/N=C1N=C(/N=c2/c5cc6ccccc6cc5/c(n2S4)=N/C2=NC(=N\3)/c3cc4ccccc4cc32)c2cc3ccccc3cc2\1. The summed E-state index contributed by atoms with van der Waals surface area (Å²) in [4.78, 5) is 32.5. The lowest BCUT2D eigenvalue weighted by Crippen LogP contribution is -2.26. The Kier molecular flexibility index (Phi) is 6.30. The Hall–Kier alpha value is -7.49. The predicted octanol–water partition coefficient (Wildman–Crippen LogP) is 10.5. The molecule has 270 valence electrons. The smallest absolute Gasteiger partial charge is 0.164 e. The number of allylic oxidation sites excluding steroid dienone is 2. The van der Waals surface area contributed by atoms with Crippen LogP contribution >= 0.6 is 12.1 Å². The van der Waals surface area contributed by atoms with E-state index < -0.39 is 0 Å². The first-order valence-electron chi connectivity index (χ1n) is 19.2. The number of nitrogens with zero attached hydrogens (tertiary/aromatic N) is 8. The fourth-order valence-corrected chi connectivity index (χ4v) is 9.79. The molecule has 58 heavy (non-hydrogen) atoms. The van der Waals surface area contributed by atoms with Crippen LogP contribution in [0.5, 0.6) is 0 Å². The van der Waals surface area contributed by atoms with E-state index in [0.29, 0.717) is 23.3 Å². The minimum Gasteiger partial charge on any atom is -0.231 e. The van der Waals surface area contributed by atoms with Crippen molar-refractivity contribution >= 4 is 107 Å². The van der Waals surface area contributed by atoms with Crippen LogP contribution in [0.4, 0.5) is 11.6 Å². The minimum atomic E-state index is 0.605. The Morgan fingerprint density at radius 2 is 0.879 bits per heavy atom. The lowest BCUT2D eigenvalue weighted by molar-refractivity contribution is 1.05. The van der Waals surface area contributed by atoms with E-state index in [1.165, 1.54) is 12.1 Å². The number of aliphatic imine (C=N–C) groups is 4. The lowest BCUT2D eigenvalue weighted by atomic mass is 10.0. The first kappa shape index (κ1) is 31.7. The molecule has 0 saturated heterocycles. The summed E-state index contributed by atoms with van der Waals surface area (Å²) in [6.45, 7) is 6.07. The van der Waals surface area contributed by atoms with E-state index in [4.69, 9.17) is 30.0 Å². The number of hydrogen-bond acceptors (Lipinski definition) is 7. The summed E-state index contributed by atoms with van der Waals surface area (Å²) < 4.78 is 4.26. The van der Waals surface area contributed by atoms with E-state index in [-0.39, 0.29) is 0 Å². The molecule has 7 aromatic carbocycles. The maximum atomic E-state index is 5.50. The maximum Gasteiger partial charge on any atom is 0.164 e. The highest BCUT2D eigenvalue weighted by Gasteiger charge is 2.31. The van der Waals surface area contributed by atoms with E-state index >= 15 is 0 Å². The molecule has 0 unspecified atom stereocenters. The van der Waals surface area contributed by atoms with Crippen LogP contribution in [0.15, 0.2) is 170 Å². The summed E-state index contributed by atoms with van der Waals surface area (Å²) in [5.74, 6) is 3.88. The summed E-state index contributed by atoms with van der Waals surface area (Å²) in [5.41, 5.74) is 7.38. The van der Waals surface area contributed by atoms with Crippen molar-refractivity contribution in [1.82, 2.24) is 7.94 Å². The molecule has 0 saturated carbocycles. The second-order valence-electron chi connectivity index (χ2n) is 15.0. The summed E-state index contributed by atoms with van der Waals surface area (Å²) in [5, 5.41) is 10.5. The van der Waals surface area contributed by atoms with Crippen LogP contribution in [0.1, 0.15) is 33.4 Å². The van der Waals surface area contributed by atoms with E-state index in [1.54, 1.807) is 6.08 Å². The van der Waals surface area contributed by atoms with Crippen molar-refractivity contribution in [1.29, 1.82) is 0 Å². The first-order chi connectivity index (χ1) is 28.6. The highest BCUT2D eigenvalue weighted by molar-refractivity contribution is 7.96. The van der Waals surface area contributed by atoms with Gasteiger partial charge in [-0.3, -0.25) is 0 Å². The third kappa shape index (κ3) is 4.41. The van der Waals surface area contributed by atoms with Gasteiger partial charge in [-0.1, -0.05) is 97.6 Å². The summed E-state index contributed by atoms with van der Waals surface area (Å²) >= 11 is 1.49. The lowest BCUT2D eigenvalue weighted by Gasteiger charge is -2.10. The van der Waals surface area contributed by atoms with E-state index in [0.717, 1.165) is 110 Å². The van der Waals surface area contributed by atoms with Crippen LogP contribution in [0, 0.1) is 6.92 Å². The quantitative estimate of drug-likeness (QED) is 0.162. The topological polar surface area (TPSA) is 84.0 Å². The molecule has 0 spiro atoms. The van der Waals surface area contributed by atoms with Crippen molar-refractivity contribution < 1.29 is 0 Å². The van der Waals surface area contributed by atoms with Gasteiger partial charge in [0, 0.05) is 43.8 Å². The van der Waals surface area contributed by atoms with Crippen molar-refractivity contribution in [2.24, 2.45) is 30.0 Å². The van der Waals surface area contributed by atoms with Gasteiger partial charge in [0.05, 0.1) is 12.1 Å². The first-order valence-corrected chi connectivity index (χ1v) is 19.9. The average molecular weight is 761 g/mol. The average Bonchev–Trinajstić information content (AvgIpc) is 3.92. The number of fused-ring (bicyclic) bond motifs is 17. The summed E-state index contributed by atoms with van der Waals surface area (Å²) in [7, 11) is 0. The fourth-order valence-electron chi connectivity index (χ4n) is 8.76. The van der Waals surface area contributed by atoms with Crippen molar-refractivity contribution in [2.45, 2.75) is 6.92 Å². The summed E-state index contributed by atoms with van der Waals surface area (Å²) in [6, 6.07) is 42.9. The van der Waals surface area contributed by atoms with Gasteiger partial charge in [-0.25, -0.2) is 37.9 Å². The number of amidine groups is 4. The molecule has 4 aliphatic heterocycles. The maximum absolute atomic E-state index is 5.50. The van der Waals surface area contributed by atoms with Gasteiger partial charge >= 0.3 is 0 Å². The van der Waals surface area contributed by atoms with Crippen LogP contribution < -0.4 is 11.0 Å². The molecule has 0 aliphatic carbocycles. The molecule has 8 nitrogen and oxygen atoms in total. The normalized spacial score (nSPS) is 17.9. The van der Waals surface area contributed by atoms with E-state index in [9.17, 15) is 0 Å². The van der Waals surface area contributed by atoms with Crippen molar-refractivity contribution in [3.8, 4) is 0 Å². The highest BCUT2D eigenvalue weighted by Crippen LogP contribution is 2.45. The second kappa shape index (κ2) is 11.5. The Balaban J connectivity index is 1.25. The van der Waals surface area contributed by atoms with Gasteiger partial charge in [0.1, 0.15) is 0 Å². The van der Waals surface area contributed by atoms with Gasteiger partial charge in [-0.2, -0.15) is 0 Å². The molecular formula is C49H28N8S. The van der Waals surface area contributed by atoms with Crippen LogP contribution in [0.25, 0.3) is 59.9 Å². The molecule has 0 amide bonds. The van der Waals surface area contributed by atoms with Gasteiger partial charge in [-0.15, -0.1) is 0 Å². The van der Waals surface area contributed by atoms with Gasteiger partial charge in [0.2, 0.25) is 0 Å². The molecule has 9 heteroatoms. The minimum absolute atomic E-state index is 0.605. The monoisotopic (exact) mass is 760 g/mol. The number of aryl methyl sites for hydroxylation is 1. The Bertz CT molecular complexity index is 3680. The molecule has 6 heterocycles. The van der Waals surface area contributed by atoms with Gasteiger partial charge in [-0.05, 0) is 98.9 Å². The van der Waals surface area contributed by atoms with E-state index in [2.05, 4.69) is 149 Å². The largest absolute Gasteiger partial charge is 0.231 e. The molecular weight excluding hydrogens is 733 g/mol. The summed E-state index contributed by atoms with van der Waals surface area (Å²) in [6.07, 6.45) is 5.86. The zero-order chi connectivity index (χ0) is 38.2. The molecule has 0 radical (unpaired) electrons. The van der Waals surface area contributed by atoms with Crippen molar-refractivity contribution in [3.05, 3.63) is 184 Å². The van der Waals surface area contributed by atoms with Crippen LogP contribution in [0.2, 0.25) is 0 Å². The molecule has 4 aliphatic rings. The van der Waals surface area contributed by atoms with Gasteiger partial charge < -0.3 is 0 Å². The highest BCUT2D eigenvalue weighted by atomic mass is 32.2. The Labute approximate surface area is 334 Å². The molecule has 9 aromatic rings. The molecule has 13 rings (SSSR count). The fraction of sp³-hybridized carbons (Fsp3) is 0.0204. The number of aromatic nitrogens is 2. The van der Waals surface area contributed by atoms with Crippen molar-refractivity contribution in [3.63, 3.8) is 0 Å². The van der Waals surface area contributed by atoms with Gasteiger partial charge in [0.25, 0.3) is 0 Å². The van der Waals surface area contributed by atoms with Gasteiger partial charge in [0.15, 0.2) is 46.0 Å². The molecule has 0 atom stereocenters. The van der Waals surface area contributed by atoms with E-state index in [1.807, 2.05) is 6.08 Å². The second-order valence-corrected chi connectivity index (χ2v) is 15.9. The van der Waals surface area contributed by atoms with Crippen molar-refractivity contribution in [2.75, 3.05) is 0 Å². The third-order valence-corrected chi connectivity index (χ3v) is 12.6. The number of rotatable bonds is 2.